The van der Waals surface area contributed by atoms with Gasteiger partial charge in [0.2, 0.25) is 5.91 Å². The molecule has 2 heterocycles. The number of nitrogens with one attached hydrogen (secondary N) is 1. The van der Waals surface area contributed by atoms with Crippen LogP contribution in [0.4, 0.5) is 4.39 Å². The summed E-state index contributed by atoms with van der Waals surface area (Å²) in [5.41, 5.74) is 1.98. The Hall–Kier alpha value is -1.85. The Morgan fingerprint density at radius 3 is 2.96 bits per heavy atom. The molecule has 5 heteroatoms. The van der Waals surface area contributed by atoms with Crippen molar-refractivity contribution in [2.75, 3.05) is 25.4 Å². The van der Waals surface area contributed by atoms with E-state index in [0.29, 0.717) is 13.1 Å². The van der Waals surface area contributed by atoms with E-state index < -0.39 is 0 Å². The number of carbonyl (C=O) groups is 1. The van der Waals surface area contributed by atoms with Crippen LogP contribution in [0, 0.1) is 5.82 Å². The number of hydrogen-bond acceptors (Lipinski definition) is 3. The third-order valence-electron chi connectivity index (χ3n) is 4.76. The molecule has 2 aromatic rings. The Morgan fingerprint density at radius 1 is 1.21 bits per heavy atom. The third kappa shape index (κ3) is 2.82. The summed E-state index contributed by atoms with van der Waals surface area (Å²) in [6.07, 6.45) is 0. The molecule has 0 aromatic heterocycles. The maximum absolute atomic E-state index is 13.6. The van der Waals surface area contributed by atoms with E-state index in [-0.39, 0.29) is 23.7 Å². The number of benzene rings is 2. The fourth-order valence-electron chi connectivity index (χ4n) is 3.55. The topological polar surface area (TPSA) is 32.3 Å². The largest absolute Gasteiger partial charge is 0.333 e. The first-order chi connectivity index (χ1) is 11.7. The molecule has 3 nitrogen and oxygen atoms in total. The third-order valence-corrected chi connectivity index (χ3v) is 5.94. The molecule has 2 aliphatic rings. The van der Waals surface area contributed by atoms with Crippen molar-refractivity contribution >= 4 is 17.7 Å². The van der Waals surface area contributed by atoms with E-state index in [2.05, 4.69) is 17.4 Å². The van der Waals surface area contributed by atoms with Crippen LogP contribution in [-0.2, 0) is 4.79 Å². The van der Waals surface area contributed by atoms with E-state index in [4.69, 9.17) is 0 Å². The van der Waals surface area contributed by atoms with Gasteiger partial charge in [0.05, 0.1) is 12.0 Å². The first-order valence-corrected chi connectivity index (χ1v) is 9.21. The van der Waals surface area contributed by atoms with Crippen LogP contribution in [0.15, 0.2) is 53.4 Å². The molecule has 124 valence electrons. The van der Waals surface area contributed by atoms with Crippen molar-refractivity contribution in [3.8, 4) is 0 Å². The second kappa shape index (κ2) is 6.57. The molecule has 1 amide bonds. The molecular formula is C19H19FN2OS. The van der Waals surface area contributed by atoms with Gasteiger partial charge in [-0.25, -0.2) is 4.39 Å². The van der Waals surface area contributed by atoms with Crippen LogP contribution in [0.3, 0.4) is 0 Å². The van der Waals surface area contributed by atoms with Crippen molar-refractivity contribution in [3.05, 3.63) is 65.5 Å². The summed E-state index contributed by atoms with van der Waals surface area (Å²) in [5, 5.41) is 3.33. The molecule has 2 unspecified atom stereocenters. The van der Waals surface area contributed by atoms with Crippen molar-refractivity contribution in [2.45, 2.75) is 16.9 Å². The molecule has 0 aliphatic carbocycles. The summed E-state index contributed by atoms with van der Waals surface area (Å²) < 4.78 is 13.6. The average Bonchev–Trinajstić information content (AvgIpc) is 3.05. The van der Waals surface area contributed by atoms with Crippen molar-refractivity contribution < 1.29 is 9.18 Å². The van der Waals surface area contributed by atoms with Gasteiger partial charge in [0.1, 0.15) is 5.82 Å². The fourth-order valence-corrected chi connectivity index (χ4v) is 4.77. The SMILES string of the molecule is O=C(C1CSc2ccccc21)N1CCNCC1c1cccc(F)c1. The Balaban J connectivity index is 1.63. The monoisotopic (exact) mass is 342 g/mol. The summed E-state index contributed by atoms with van der Waals surface area (Å²) in [7, 11) is 0. The van der Waals surface area contributed by atoms with Crippen LogP contribution in [0.25, 0.3) is 0 Å². The molecule has 0 bridgehead atoms. The highest BCUT2D eigenvalue weighted by Gasteiger charge is 2.36. The summed E-state index contributed by atoms with van der Waals surface area (Å²) in [5.74, 6) is 0.591. The van der Waals surface area contributed by atoms with Crippen LogP contribution in [0.5, 0.6) is 0 Å². The molecule has 1 fully saturated rings. The van der Waals surface area contributed by atoms with Gasteiger partial charge >= 0.3 is 0 Å². The smallest absolute Gasteiger partial charge is 0.231 e. The van der Waals surface area contributed by atoms with Crippen LogP contribution in [0.1, 0.15) is 23.1 Å². The Labute approximate surface area is 145 Å². The minimum atomic E-state index is -0.257. The number of piperazine rings is 1. The van der Waals surface area contributed by atoms with Gasteiger partial charge in [-0.1, -0.05) is 30.3 Å². The number of fused-ring (bicyclic) bond motifs is 1. The van der Waals surface area contributed by atoms with E-state index in [0.717, 1.165) is 23.4 Å². The fraction of sp³-hybridized carbons (Fsp3) is 0.316. The lowest BCUT2D eigenvalue weighted by atomic mass is 9.96. The van der Waals surface area contributed by atoms with E-state index in [9.17, 15) is 9.18 Å². The molecule has 2 atom stereocenters. The highest BCUT2D eigenvalue weighted by atomic mass is 32.2. The molecule has 24 heavy (non-hydrogen) atoms. The number of hydrogen-bond donors (Lipinski definition) is 1. The van der Waals surface area contributed by atoms with E-state index in [1.165, 1.54) is 17.0 Å². The first-order valence-electron chi connectivity index (χ1n) is 8.22. The van der Waals surface area contributed by atoms with Crippen LogP contribution >= 0.6 is 11.8 Å². The molecule has 0 spiro atoms. The van der Waals surface area contributed by atoms with Gasteiger partial charge in [-0.2, -0.15) is 0 Å². The van der Waals surface area contributed by atoms with Gasteiger partial charge in [0.25, 0.3) is 0 Å². The lowest BCUT2D eigenvalue weighted by molar-refractivity contribution is -0.135. The second-order valence-corrected chi connectivity index (χ2v) is 7.27. The van der Waals surface area contributed by atoms with Gasteiger partial charge in [0, 0.05) is 30.3 Å². The van der Waals surface area contributed by atoms with Crippen LogP contribution in [-0.4, -0.2) is 36.2 Å². The van der Waals surface area contributed by atoms with Crippen molar-refractivity contribution in [1.82, 2.24) is 10.2 Å². The lowest BCUT2D eigenvalue weighted by Crippen LogP contribution is -2.50. The number of rotatable bonds is 2. The van der Waals surface area contributed by atoms with Crippen LogP contribution < -0.4 is 5.32 Å². The average molecular weight is 342 g/mol. The predicted molar refractivity (Wildman–Crippen MR) is 93.6 cm³/mol. The zero-order valence-corrected chi connectivity index (χ0v) is 14.1. The number of carbonyl (C=O) groups excluding carboxylic acids is 1. The quantitative estimate of drug-likeness (QED) is 0.910. The van der Waals surface area contributed by atoms with E-state index in [1.54, 1.807) is 17.8 Å². The van der Waals surface area contributed by atoms with Crippen molar-refractivity contribution in [1.29, 1.82) is 0 Å². The Morgan fingerprint density at radius 2 is 2.08 bits per heavy atom. The van der Waals surface area contributed by atoms with Crippen molar-refractivity contribution in [3.63, 3.8) is 0 Å². The number of thioether (sulfide) groups is 1. The summed E-state index contributed by atoms with van der Waals surface area (Å²) in [6.45, 7) is 2.10. The molecule has 1 saturated heterocycles. The highest BCUT2D eigenvalue weighted by Crippen LogP contribution is 2.41. The van der Waals surface area contributed by atoms with Gasteiger partial charge in [-0.3, -0.25) is 4.79 Å². The number of halogens is 1. The van der Waals surface area contributed by atoms with Crippen molar-refractivity contribution in [2.24, 2.45) is 0 Å². The maximum Gasteiger partial charge on any atom is 0.231 e. The predicted octanol–water partition coefficient (Wildman–Crippen LogP) is 3.19. The normalized spacial score (nSPS) is 23.1. The molecule has 2 aromatic carbocycles. The Bertz CT molecular complexity index is 767. The number of nitrogens with zero attached hydrogens (tertiary/aromatic N) is 1. The lowest BCUT2D eigenvalue weighted by Gasteiger charge is -2.38. The maximum atomic E-state index is 13.6. The second-order valence-electron chi connectivity index (χ2n) is 6.21. The van der Waals surface area contributed by atoms with Gasteiger partial charge in [0.15, 0.2) is 0 Å². The minimum Gasteiger partial charge on any atom is -0.333 e. The van der Waals surface area contributed by atoms with Crippen LogP contribution in [0.2, 0.25) is 0 Å². The zero-order valence-electron chi connectivity index (χ0n) is 13.2. The molecule has 1 N–H and O–H groups in total. The van der Waals surface area contributed by atoms with Gasteiger partial charge in [-0.05, 0) is 29.3 Å². The number of amides is 1. The van der Waals surface area contributed by atoms with E-state index in [1.807, 2.05) is 23.1 Å². The molecular weight excluding hydrogens is 323 g/mol. The summed E-state index contributed by atoms with van der Waals surface area (Å²) >= 11 is 1.74. The first kappa shape index (κ1) is 15.7. The summed E-state index contributed by atoms with van der Waals surface area (Å²) in [6, 6.07) is 14.6. The standard InChI is InChI=1S/C19H19FN2OS/c20-14-5-3-4-13(10-14)17-11-21-8-9-22(17)19(23)16-12-24-18-7-2-1-6-15(16)18/h1-7,10,16-17,21H,8-9,11-12H2. The molecule has 0 saturated carbocycles. The zero-order chi connectivity index (χ0) is 16.5. The minimum absolute atomic E-state index is 0.0969. The molecule has 2 aliphatic heterocycles. The van der Waals surface area contributed by atoms with E-state index >= 15 is 0 Å². The Kier molecular flexibility index (Phi) is 4.29. The van der Waals surface area contributed by atoms with Gasteiger partial charge < -0.3 is 10.2 Å². The molecule has 0 radical (unpaired) electrons. The van der Waals surface area contributed by atoms with Gasteiger partial charge in [-0.15, -0.1) is 11.8 Å². The summed E-state index contributed by atoms with van der Waals surface area (Å²) in [4.78, 5) is 16.4. The highest BCUT2D eigenvalue weighted by molar-refractivity contribution is 7.99. The molecule has 4 rings (SSSR count).